The van der Waals surface area contributed by atoms with Crippen molar-refractivity contribution in [2.75, 3.05) is 7.11 Å². The molecule has 0 bridgehead atoms. The predicted octanol–water partition coefficient (Wildman–Crippen LogP) is 0.738. The molecule has 2 aromatic rings. The smallest absolute Gasteiger partial charge is 0.160 e. The summed E-state index contributed by atoms with van der Waals surface area (Å²) in [6.45, 7) is 0. The van der Waals surface area contributed by atoms with Gasteiger partial charge < -0.3 is 4.74 Å². The van der Waals surface area contributed by atoms with Crippen molar-refractivity contribution in [1.29, 1.82) is 0 Å². The van der Waals surface area contributed by atoms with Gasteiger partial charge in [0.25, 0.3) is 0 Å². The van der Waals surface area contributed by atoms with Crippen molar-refractivity contribution < 1.29 is 4.74 Å². The summed E-state index contributed by atoms with van der Waals surface area (Å²) in [6.07, 6.45) is 3.47. The van der Waals surface area contributed by atoms with Crippen LogP contribution in [0.2, 0.25) is 0 Å². The Morgan fingerprint density at radius 2 is 2.36 bits per heavy atom. The van der Waals surface area contributed by atoms with Crippen molar-refractivity contribution in [2.45, 2.75) is 0 Å². The van der Waals surface area contributed by atoms with Gasteiger partial charge in [0, 0.05) is 0 Å². The van der Waals surface area contributed by atoms with Gasteiger partial charge in [0.2, 0.25) is 0 Å². The first-order valence-electron chi connectivity index (χ1n) is 3.23. The molecule has 2 rings (SSSR count). The molecule has 0 aliphatic heterocycles. The standard InChI is InChI=1S/C7H7N3O/c1-11-6-2-3-7-9-8-5-10(7)4-6/h2-5H,1H3. The lowest BCUT2D eigenvalue weighted by atomic mass is 10.4. The number of hydrogen-bond donors (Lipinski definition) is 0. The number of rotatable bonds is 1. The van der Waals surface area contributed by atoms with Gasteiger partial charge in [-0.3, -0.25) is 4.40 Å². The maximum absolute atomic E-state index is 5.02. The molecule has 0 aromatic carbocycles. The van der Waals surface area contributed by atoms with E-state index in [4.69, 9.17) is 4.74 Å². The molecule has 0 fully saturated rings. The Morgan fingerprint density at radius 1 is 1.45 bits per heavy atom. The van der Waals surface area contributed by atoms with E-state index < -0.39 is 0 Å². The summed E-state index contributed by atoms with van der Waals surface area (Å²) in [7, 11) is 1.63. The zero-order valence-corrected chi connectivity index (χ0v) is 6.06. The molecule has 0 saturated heterocycles. The highest BCUT2D eigenvalue weighted by Crippen LogP contribution is 2.09. The van der Waals surface area contributed by atoms with Crippen LogP contribution in [0.3, 0.4) is 0 Å². The lowest BCUT2D eigenvalue weighted by molar-refractivity contribution is 0.412. The van der Waals surface area contributed by atoms with Crippen LogP contribution in [0.4, 0.5) is 0 Å². The molecule has 0 aliphatic rings. The lowest BCUT2D eigenvalue weighted by Crippen LogP contribution is -1.86. The minimum Gasteiger partial charge on any atom is -0.495 e. The van der Waals surface area contributed by atoms with E-state index in [-0.39, 0.29) is 0 Å². The number of fused-ring (bicyclic) bond motifs is 1. The zero-order valence-electron chi connectivity index (χ0n) is 6.06. The number of pyridine rings is 1. The molecule has 56 valence electrons. The summed E-state index contributed by atoms with van der Waals surface area (Å²) >= 11 is 0. The van der Waals surface area contributed by atoms with Gasteiger partial charge in [-0.2, -0.15) is 0 Å². The molecule has 4 heteroatoms. The summed E-state index contributed by atoms with van der Waals surface area (Å²) < 4.78 is 6.82. The van der Waals surface area contributed by atoms with Crippen molar-refractivity contribution in [2.24, 2.45) is 0 Å². The average molecular weight is 149 g/mol. The van der Waals surface area contributed by atoms with Crippen LogP contribution in [0.5, 0.6) is 5.75 Å². The number of nitrogens with zero attached hydrogens (tertiary/aromatic N) is 3. The predicted molar refractivity (Wildman–Crippen MR) is 39.5 cm³/mol. The molecule has 0 unspecified atom stereocenters. The summed E-state index contributed by atoms with van der Waals surface area (Å²) in [4.78, 5) is 0. The van der Waals surface area contributed by atoms with E-state index in [1.54, 1.807) is 17.8 Å². The molecule has 0 saturated carbocycles. The summed E-state index contributed by atoms with van der Waals surface area (Å²) in [6, 6.07) is 3.70. The van der Waals surface area contributed by atoms with E-state index >= 15 is 0 Å². The molecule has 2 aromatic heterocycles. The van der Waals surface area contributed by atoms with E-state index in [0.717, 1.165) is 11.4 Å². The summed E-state index contributed by atoms with van der Waals surface area (Å²) in [5, 5.41) is 7.59. The van der Waals surface area contributed by atoms with Gasteiger partial charge in [-0.25, -0.2) is 0 Å². The van der Waals surface area contributed by atoms with Gasteiger partial charge in [0.05, 0.1) is 13.3 Å². The second-order valence-corrected chi connectivity index (χ2v) is 2.17. The monoisotopic (exact) mass is 149 g/mol. The van der Waals surface area contributed by atoms with Crippen molar-refractivity contribution in [3.05, 3.63) is 24.7 Å². The Morgan fingerprint density at radius 3 is 3.18 bits per heavy atom. The first-order valence-corrected chi connectivity index (χ1v) is 3.23. The van der Waals surface area contributed by atoms with Gasteiger partial charge in [0.15, 0.2) is 5.65 Å². The first kappa shape index (κ1) is 6.15. The van der Waals surface area contributed by atoms with Gasteiger partial charge in [0.1, 0.15) is 12.1 Å². The molecule has 11 heavy (non-hydrogen) atoms. The second kappa shape index (κ2) is 2.23. The number of methoxy groups -OCH3 is 1. The molecular weight excluding hydrogens is 142 g/mol. The number of aromatic nitrogens is 3. The van der Waals surface area contributed by atoms with Crippen LogP contribution in [-0.4, -0.2) is 21.7 Å². The van der Waals surface area contributed by atoms with Crippen molar-refractivity contribution in [1.82, 2.24) is 14.6 Å². The number of ether oxygens (including phenoxy) is 1. The fraction of sp³-hybridized carbons (Fsp3) is 0.143. The fourth-order valence-electron chi connectivity index (χ4n) is 0.928. The van der Waals surface area contributed by atoms with Crippen molar-refractivity contribution >= 4 is 5.65 Å². The van der Waals surface area contributed by atoms with Crippen LogP contribution in [0.1, 0.15) is 0 Å². The largest absolute Gasteiger partial charge is 0.495 e. The zero-order chi connectivity index (χ0) is 7.68. The molecule has 0 aliphatic carbocycles. The molecule has 0 spiro atoms. The molecule has 0 amide bonds. The van der Waals surface area contributed by atoms with Gasteiger partial charge in [-0.1, -0.05) is 0 Å². The van der Waals surface area contributed by atoms with Crippen molar-refractivity contribution in [3.8, 4) is 5.75 Å². The lowest BCUT2D eigenvalue weighted by Gasteiger charge is -1.97. The van der Waals surface area contributed by atoms with E-state index in [1.807, 2.05) is 18.3 Å². The Hall–Kier alpha value is -1.58. The van der Waals surface area contributed by atoms with Crippen LogP contribution in [0, 0.1) is 0 Å². The molecule has 0 atom stereocenters. The Balaban J connectivity index is 2.67. The normalized spacial score (nSPS) is 10.3. The highest BCUT2D eigenvalue weighted by molar-refractivity contribution is 5.39. The third-order valence-corrected chi connectivity index (χ3v) is 1.50. The highest BCUT2D eigenvalue weighted by atomic mass is 16.5. The van der Waals surface area contributed by atoms with Gasteiger partial charge in [-0.05, 0) is 12.1 Å². The SMILES string of the molecule is COc1ccc2nncn2c1. The van der Waals surface area contributed by atoms with Crippen LogP contribution >= 0.6 is 0 Å². The second-order valence-electron chi connectivity index (χ2n) is 2.17. The summed E-state index contributed by atoms with van der Waals surface area (Å²) in [5.74, 6) is 0.803. The topological polar surface area (TPSA) is 39.4 Å². The van der Waals surface area contributed by atoms with Gasteiger partial charge >= 0.3 is 0 Å². The van der Waals surface area contributed by atoms with E-state index in [9.17, 15) is 0 Å². The van der Waals surface area contributed by atoms with Crippen LogP contribution in [0.15, 0.2) is 24.7 Å². The molecular formula is C7H7N3O. The third-order valence-electron chi connectivity index (χ3n) is 1.50. The average Bonchev–Trinajstić information content (AvgIpc) is 2.50. The Bertz CT molecular complexity index is 368. The third kappa shape index (κ3) is 0.920. The van der Waals surface area contributed by atoms with Crippen LogP contribution < -0.4 is 4.74 Å². The minimum atomic E-state index is 0.803. The Kier molecular flexibility index (Phi) is 1.25. The van der Waals surface area contributed by atoms with Crippen LogP contribution in [-0.2, 0) is 0 Å². The molecule has 0 radical (unpaired) electrons. The van der Waals surface area contributed by atoms with Crippen LogP contribution in [0.25, 0.3) is 5.65 Å². The van der Waals surface area contributed by atoms with E-state index in [0.29, 0.717) is 0 Å². The molecule has 2 heterocycles. The maximum atomic E-state index is 5.02. The maximum Gasteiger partial charge on any atom is 0.160 e. The number of hydrogen-bond acceptors (Lipinski definition) is 3. The highest BCUT2D eigenvalue weighted by Gasteiger charge is 1.94. The first-order chi connectivity index (χ1) is 5.40. The molecule has 4 nitrogen and oxygen atoms in total. The Labute approximate surface area is 63.4 Å². The van der Waals surface area contributed by atoms with Gasteiger partial charge in [-0.15, -0.1) is 10.2 Å². The fourth-order valence-corrected chi connectivity index (χ4v) is 0.928. The molecule has 0 N–H and O–H groups in total. The van der Waals surface area contributed by atoms with Crippen molar-refractivity contribution in [3.63, 3.8) is 0 Å². The quantitative estimate of drug-likeness (QED) is 0.600. The van der Waals surface area contributed by atoms with E-state index in [2.05, 4.69) is 10.2 Å². The van der Waals surface area contributed by atoms with E-state index in [1.165, 1.54) is 0 Å². The minimum absolute atomic E-state index is 0.803. The summed E-state index contributed by atoms with van der Waals surface area (Å²) in [5.41, 5.74) is 0.825.